The van der Waals surface area contributed by atoms with Gasteiger partial charge in [0.1, 0.15) is 0 Å². The summed E-state index contributed by atoms with van der Waals surface area (Å²) >= 11 is 5.77. The largest absolute Gasteiger partial charge is 0.478 e. The molecule has 1 aromatic heterocycles. The number of likely N-dealkylation sites (tertiary alicyclic amines) is 1. The molecule has 0 spiro atoms. The van der Waals surface area contributed by atoms with Gasteiger partial charge in [0.05, 0.1) is 11.6 Å². The number of unbranched alkanes of at least 4 members (excludes halogenated alkanes) is 1. The molecule has 0 aliphatic carbocycles. The highest BCUT2D eigenvalue weighted by molar-refractivity contribution is 6.30. The van der Waals surface area contributed by atoms with E-state index in [4.69, 9.17) is 16.3 Å². The van der Waals surface area contributed by atoms with E-state index < -0.39 is 0 Å². The third-order valence-corrected chi connectivity index (χ3v) is 4.02. The molecule has 0 aromatic carbocycles. The minimum absolute atomic E-state index is 0.648. The van der Waals surface area contributed by atoms with E-state index in [9.17, 15) is 0 Å². The van der Waals surface area contributed by atoms with Crippen LogP contribution in [0.15, 0.2) is 18.3 Å². The molecule has 1 aliphatic rings. The fourth-order valence-electron chi connectivity index (χ4n) is 2.51. The van der Waals surface area contributed by atoms with Gasteiger partial charge in [-0.3, -0.25) is 0 Å². The molecule has 0 unspecified atom stereocenters. The lowest BCUT2D eigenvalue weighted by atomic mass is 9.92. The lowest BCUT2D eigenvalue weighted by Gasteiger charge is -2.28. The first kappa shape index (κ1) is 14.6. The summed E-state index contributed by atoms with van der Waals surface area (Å²) < 4.78 is 5.59. The SMILES string of the molecule is CN1CCC(CCCCOc2ccc(Cl)cn2)CC1. The standard InChI is InChI=1S/C15H23ClN2O/c1-18-9-7-13(8-10-18)4-2-3-11-19-15-6-5-14(16)12-17-15/h5-6,12-13H,2-4,7-11H2,1H3. The predicted octanol–water partition coefficient (Wildman–Crippen LogP) is 3.63. The summed E-state index contributed by atoms with van der Waals surface area (Å²) in [5, 5.41) is 0.648. The van der Waals surface area contributed by atoms with Gasteiger partial charge in [-0.15, -0.1) is 0 Å². The molecule has 0 atom stereocenters. The van der Waals surface area contributed by atoms with Crippen molar-refractivity contribution in [2.75, 3.05) is 26.7 Å². The van der Waals surface area contributed by atoms with E-state index in [1.165, 1.54) is 38.8 Å². The Balaban J connectivity index is 1.53. The van der Waals surface area contributed by atoms with Gasteiger partial charge in [-0.1, -0.05) is 18.0 Å². The van der Waals surface area contributed by atoms with Crippen LogP contribution in [-0.4, -0.2) is 36.6 Å². The highest BCUT2D eigenvalue weighted by Gasteiger charge is 2.15. The average Bonchev–Trinajstić information content (AvgIpc) is 2.43. The number of ether oxygens (including phenoxy) is 1. The number of pyridine rings is 1. The minimum Gasteiger partial charge on any atom is -0.478 e. The van der Waals surface area contributed by atoms with Gasteiger partial charge in [0, 0.05) is 12.3 Å². The Morgan fingerprint density at radius 2 is 2.11 bits per heavy atom. The molecule has 2 rings (SSSR count). The summed E-state index contributed by atoms with van der Waals surface area (Å²) in [6, 6.07) is 3.63. The quantitative estimate of drug-likeness (QED) is 0.745. The lowest BCUT2D eigenvalue weighted by molar-refractivity contribution is 0.205. The maximum atomic E-state index is 5.77. The second-order valence-corrected chi connectivity index (χ2v) is 5.84. The van der Waals surface area contributed by atoms with Crippen LogP contribution in [0.1, 0.15) is 32.1 Å². The second kappa shape index (κ2) is 7.71. The first-order valence-corrected chi connectivity index (χ1v) is 7.55. The summed E-state index contributed by atoms with van der Waals surface area (Å²) in [6.07, 6.45) is 8.03. The van der Waals surface area contributed by atoms with Crippen LogP contribution < -0.4 is 4.74 Å². The van der Waals surface area contributed by atoms with E-state index in [1.807, 2.05) is 12.1 Å². The maximum absolute atomic E-state index is 5.77. The number of nitrogens with zero attached hydrogens (tertiary/aromatic N) is 2. The molecule has 0 saturated carbocycles. The summed E-state index contributed by atoms with van der Waals surface area (Å²) in [4.78, 5) is 6.54. The summed E-state index contributed by atoms with van der Waals surface area (Å²) in [5.41, 5.74) is 0. The zero-order chi connectivity index (χ0) is 13.5. The van der Waals surface area contributed by atoms with Crippen molar-refractivity contribution in [1.82, 2.24) is 9.88 Å². The number of aromatic nitrogens is 1. The van der Waals surface area contributed by atoms with E-state index in [1.54, 1.807) is 6.20 Å². The van der Waals surface area contributed by atoms with Crippen LogP contribution in [-0.2, 0) is 0 Å². The van der Waals surface area contributed by atoms with Gasteiger partial charge < -0.3 is 9.64 Å². The van der Waals surface area contributed by atoms with E-state index in [2.05, 4.69) is 16.9 Å². The van der Waals surface area contributed by atoms with Crippen LogP contribution in [0.25, 0.3) is 0 Å². The second-order valence-electron chi connectivity index (χ2n) is 5.41. The van der Waals surface area contributed by atoms with Crippen LogP contribution in [0.4, 0.5) is 0 Å². The Morgan fingerprint density at radius 1 is 1.32 bits per heavy atom. The van der Waals surface area contributed by atoms with Crippen LogP contribution in [0, 0.1) is 5.92 Å². The van der Waals surface area contributed by atoms with Crippen molar-refractivity contribution in [1.29, 1.82) is 0 Å². The van der Waals surface area contributed by atoms with Gasteiger partial charge in [-0.25, -0.2) is 4.98 Å². The molecular formula is C15H23ClN2O. The zero-order valence-electron chi connectivity index (χ0n) is 11.6. The topological polar surface area (TPSA) is 25.4 Å². The van der Waals surface area contributed by atoms with E-state index >= 15 is 0 Å². The average molecular weight is 283 g/mol. The fourth-order valence-corrected chi connectivity index (χ4v) is 2.62. The Kier molecular flexibility index (Phi) is 5.93. The summed E-state index contributed by atoms with van der Waals surface area (Å²) in [5.74, 6) is 1.59. The summed E-state index contributed by atoms with van der Waals surface area (Å²) in [7, 11) is 2.21. The van der Waals surface area contributed by atoms with E-state index in [0.29, 0.717) is 10.9 Å². The number of hydrogen-bond donors (Lipinski definition) is 0. The van der Waals surface area contributed by atoms with Crippen LogP contribution in [0.3, 0.4) is 0 Å². The molecule has 1 fully saturated rings. The molecule has 1 aromatic rings. The van der Waals surface area contributed by atoms with Crippen molar-refractivity contribution >= 4 is 11.6 Å². The predicted molar refractivity (Wildman–Crippen MR) is 78.8 cm³/mol. The fraction of sp³-hybridized carbons (Fsp3) is 0.667. The molecule has 3 nitrogen and oxygen atoms in total. The number of rotatable bonds is 6. The van der Waals surface area contributed by atoms with Crippen molar-refractivity contribution < 1.29 is 4.74 Å². The number of piperidine rings is 1. The van der Waals surface area contributed by atoms with Gasteiger partial charge >= 0.3 is 0 Å². The van der Waals surface area contributed by atoms with Crippen LogP contribution in [0.5, 0.6) is 5.88 Å². The molecule has 106 valence electrons. The molecule has 0 radical (unpaired) electrons. The monoisotopic (exact) mass is 282 g/mol. The van der Waals surface area contributed by atoms with Gasteiger partial charge in [0.15, 0.2) is 0 Å². The minimum atomic E-state index is 0.648. The molecule has 4 heteroatoms. The Bertz CT molecular complexity index is 361. The number of halogens is 1. The highest BCUT2D eigenvalue weighted by Crippen LogP contribution is 2.21. The zero-order valence-corrected chi connectivity index (χ0v) is 12.4. The molecule has 1 aliphatic heterocycles. The third-order valence-electron chi connectivity index (χ3n) is 3.80. The molecule has 0 N–H and O–H groups in total. The van der Waals surface area contributed by atoms with Gasteiger partial charge in [0.25, 0.3) is 0 Å². The van der Waals surface area contributed by atoms with Crippen molar-refractivity contribution in [3.05, 3.63) is 23.4 Å². The van der Waals surface area contributed by atoms with Gasteiger partial charge in [-0.05, 0) is 57.8 Å². The molecule has 1 saturated heterocycles. The molecule has 2 heterocycles. The molecule has 0 bridgehead atoms. The van der Waals surface area contributed by atoms with Crippen LogP contribution >= 0.6 is 11.6 Å². The smallest absolute Gasteiger partial charge is 0.213 e. The highest BCUT2D eigenvalue weighted by atomic mass is 35.5. The van der Waals surface area contributed by atoms with Crippen molar-refractivity contribution in [3.63, 3.8) is 0 Å². The van der Waals surface area contributed by atoms with Gasteiger partial charge in [-0.2, -0.15) is 0 Å². The maximum Gasteiger partial charge on any atom is 0.213 e. The summed E-state index contributed by atoms with van der Waals surface area (Å²) in [6.45, 7) is 3.27. The van der Waals surface area contributed by atoms with Gasteiger partial charge in [0.2, 0.25) is 5.88 Å². The van der Waals surface area contributed by atoms with Crippen molar-refractivity contribution in [2.45, 2.75) is 32.1 Å². The molecule has 19 heavy (non-hydrogen) atoms. The first-order valence-electron chi connectivity index (χ1n) is 7.17. The Morgan fingerprint density at radius 3 is 2.79 bits per heavy atom. The van der Waals surface area contributed by atoms with Crippen molar-refractivity contribution in [2.24, 2.45) is 5.92 Å². The number of hydrogen-bond acceptors (Lipinski definition) is 3. The van der Waals surface area contributed by atoms with Crippen molar-refractivity contribution in [3.8, 4) is 5.88 Å². The molecular weight excluding hydrogens is 260 g/mol. The lowest BCUT2D eigenvalue weighted by Crippen LogP contribution is -2.30. The first-order chi connectivity index (χ1) is 9.24. The normalized spacial score (nSPS) is 17.6. The third kappa shape index (κ3) is 5.37. The Hall–Kier alpha value is -0.800. The Labute approximate surface area is 120 Å². The van der Waals surface area contributed by atoms with Crippen LogP contribution in [0.2, 0.25) is 5.02 Å². The van der Waals surface area contributed by atoms with E-state index in [-0.39, 0.29) is 0 Å². The molecule has 0 amide bonds. The van der Waals surface area contributed by atoms with E-state index in [0.717, 1.165) is 18.9 Å².